The molecule has 0 amide bonds. The summed E-state index contributed by atoms with van der Waals surface area (Å²) in [5.41, 5.74) is -0.237. The monoisotopic (exact) mass is 170 g/mol. The van der Waals surface area contributed by atoms with Crippen LogP contribution in [0.1, 0.15) is 12.8 Å². The van der Waals surface area contributed by atoms with Crippen LogP contribution in [0.4, 0.5) is 0 Å². The molecule has 1 aliphatic carbocycles. The molecule has 0 saturated heterocycles. The summed E-state index contributed by atoms with van der Waals surface area (Å²) in [5, 5.41) is 12.1. The van der Waals surface area contributed by atoms with Crippen molar-refractivity contribution in [3.05, 3.63) is 0 Å². The zero-order valence-corrected chi connectivity index (χ0v) is 7.87. The molecule has 0 bridgehead atoms. The van der Waals surface area contributed by atoms with Gasteiger partial charge in [0.15, 0.2) is 0 Å². The van der Waals surface area contributed by atoms with Crippen LogP contribution in [0, 0.1) is 17.2 Å². The fourth-order valence-electron chi connectivity index (χ4n) is 1.38. The summed E-state index contributed by atoms with van der Waals surface area (Å²) >= 11 is 1.74. The molecule has 2 nitrogen and oxygen atoms in total. The second-order valence-corrected chi connectivity index (χ2v) is 3.91. The van der Waals surface area contributed by atoms with Gasteiger partial charge in [-0.25, -0.2) is 0 Å². The Morgan fingerprint density at radius 1 is 1.73 bits per heavy atom. The van der Waals surface area contributed by atoms with Crippen molar-refractivity contribution in [2.75, 3.05) is 19.1 Å². The summed E-state index contributed by atoms with van der Waals surface area (Å²) in [4.78, 5) is 0. The standard InChI is InChI=1S/C8H14N2S/c1-10-8(5-9,6-11-2)7-3-4-7/h7,10H,3-4,6H2,1-2H3. The maximum atomic E-state index is 8.99. The van der Waals surface area contributed by atoms with Gasteiger partial charge in [-0.2, -0.15) is 17.0 Å². The van der Waals surface area contributed by atoms with E-state index in [4.69, 9.17) is 5.26 Å². The number of hydrogen-bond acceptors (Lipinski definition) is 3. The van der Waals surface area contributed by atoms with Crippen molar-refractivity contribution < 1.29 is 0 Å². The lowest BCUT2D eigenvalue weighted by Crippen LogP contribution is -2.46. The smallest absolute Gasteiger partial charge is 0.118 e. The number of nitrogens with zero attached hydrogens (tertiary/aromatic N) is 1. The fraction of sp³-hybridized carbons (Fsp3) is 0.875. The molecule has 1 unspecified atom stereocenters. The molecule has 0 aromatic carbocycles. The Kier molecular flexibility index (Phi) is 2.80. The maximum absolute atomic E-state index is 8.99. The number of nitrogens with one attached hydrogen (secondary N) is 1. The van der Waals surface area contributed by atoms with Gasteiger partial charge in [-0.15, -0.1) is 0 Å². The summed E-state index contributed by atoms with van der Waals surface area (Å²) in [6.07, 6.45) is 4.48. The van der Waals surface area contributed by atoms with Crippen LogP contribution in [0.15, 0.2) is 0 Å². The Morgan fingerprint density at radius 2 is 2.36 bits per heavy atom. The Labute approximate surface area is 72.4 Å². The first-order valence-electron chi connectivity index (χ1n) is 3.88. The van der Waals surface area contributed by atoms with Gasteiger partial charge in [0.1, 0.15) is 5.54 Å². The van der Waals surface area contributed by atoms with Gasteiger partial charge >= 0.3 is 0 Å². The fourth-order valence-corrected chi connectivity index (χ4v) is 2.28. The van der Waals surface area contributed by atoms with E-state index in [0.29, 0.717) is 5.92 Å². The molecule has 1 aliphatic rings. The largest absolute Gasteiger partial charge is 0.302 e. The van der Waals surface area contributed by atoms with Crippen LogP contribution in [0.25, 0.3) is 0 Å². The first-order chi connectivity index (χ1) is 5.29. The minimum atomic E-state index is -0.237. The first kappa shape index (κ1) is 8.89. The zero-order chi connectivity index (χ0) is 8.32. The van der Waals surface area contributed by atoms with Gasteiger partial charge in [0, 0.05) is 5.75 Å². The van der Waals surface area contributed by atoms with Crippen molar-refractivity contribution >= 4 is 11.8 Å². The molecule has 1 saturated carbocycles. The number of hydrogen-bond donors (Lipinski definition) is 1. The summed E-state index contributed by atoms with van der Waals surface area (Å²) in [7, 11) is 1.89. The van der Waals surface area contributed by atoms with E-state index in [9.17, 15) is 0 Å². The highest BCUT2D eigenvalue weighted by molar-refractivity contribution is 7.98. The van der Waals surface area contributed by atoms with Gasteiger partial charge in [-0.1, -0.05) is 0 Å². The molecule has 0 aromatic heterocycles. The normalized spacial score (nSPS) is 22.3. The topological polar surface area (TPSA) is 35.8 Å². The zero-order valence-electron chi connectivity index (χ0n) is 7.05. The third-order valence-corrected chi connectivity index (χ3v) is 3.04. The molecular formula is C8H14N2S. The average Bonchev–Trinajstić information content (AvgIpc) is 2.83. The minimum Gasteiger partial charge on any atom is -0.302 e. The Morgan fingerprint density at radius 3 is 2.64 bits per heavy atom. The first-order valence-corrected chi connectivity index (χ1v) is 5.27. The van der Waals surface area contributed by atoms with E-state index in [1.165, 1.54) is 12.8 Å². The molecule has 11 heavy (non-hydrogen) atoms. The van der Waals surface area contributed by atoms with E-state index in [2.05, 4.69) is 11.4 Å². The molecule has 1 rings (SSSR count). The van der Waals surface area contributed by atoms with Crippen LogP contribution in [0.3, 0.4) is 0 Å². The third-order valence-electron chi connectivity index (χ3n) is 2.29. The van der Waals surface area contributed by atoms with Crippen LogP contribution in [0.5, 0.6) is 0 Å². The van der Waals surface area contributed by atoms with Crippen LogP contribution in [-0.2, 0) is 0 Å². The van der Waals surface area contributed by atoms with Crippen molar-refractivity contribution in [1.82, 2.24) is 5.32 Å². The van der Waals surface area contributed by atoms with Gasteiger partial charge in [0.25, 0.3) is 0 Å². The quantitative estimate of drug-likeness (QED) is 0.689. The molecule has 3 heteroatoms. The van der Waals surface area contributed by atoms with E-state index < -0.39 is 0 Å². The van der Waals surface area contributed by atoms with Crippen LogP contribution < -0.4 is 5.32 Å². The summed E-state index contributed by atoms with van der Waals surface area (Å²) < 4.78 is 0. The second-order valence-electron chi connectivity index (χ2n) is 3.04. The van der Waals surface area contributed by atoms with Gasteiger partial charge in [-0.05, 0) is 32.1 Å². The van der Waals surface area contributed by atoms with E-state index in [1.807, 2.05) is 13.3 Å². The Bertz CT molecular complexity index is 171. The van der Waals surface area contributed by atoms with Gasteiger partial charge in [0.05, 0.1) is 6.07 Å². The molecule has 0 heterocycles. The Hall–Kier alpha value is -0.200. The van der Waals surface area contributed by atoms with E-state index in [0.717, 1.165) is 5.75 Å². The molecule has 1 fully saturated rings. The number of rotatable bonds is 4. The van der Waals surface area contributed by atoms with Crippen LogP contribution in [-0.4, -0.2) is 24.6 Å². The molecule has 0 aliphatic heterocycles. The van der Waals surface area contributed by atoms with Gasteiger partial charge < -0.3 is 5.32 Å². The highest BCUT2D eigenvalue weighted by Gasteiger charge is 2.44. The van der Waals surface area contributed by atoms with Crippen molar-refractivity contribution in [2.24, 2.45) is 5.92 Å². The highest BCUT2D eigenvalue weighted by Crippen LogP contribution is 2.40. The summed E-state index contributed by atoms with van der Waals surface area (Å²) in [6, 6.07) is 2.40. The van der Waals surface area contributed by atoms with E-state index >= 15 is 0 Å². The van der Waals surface area contributed by atoms with Crippen molar-refractivity contribution in [2.45, 2.75) is 18.4 Å². The molecule has 0 radical (unpaired) electrons. The highest BCUT2D eigenvalue weighted by atomic mass is 32.2. The Balaban J connectivity index is 2.59. The van der Waals surface area contributed by atoms with E-state index in [1.54, 1.807) is 11.8 Å². The molecule has 0 spiro atoms. The lowest BCUT2D eigenvalue weighted by molar-refractivity contribution is 0.441. The summed E-state index contributed by atoms with van der Waals surface area (Å²) in [5.74, 6) is 1.51. The van der Waals surface area contributed by atoms with E-state index in [-0.39, 0.29) is 5.54 Å². The van der Waals surface area contributed by atoms with Gasteiger partial charge in [0.2, 0.25) is 0 Å². The second kappa shape index (κ2) is 3.46. The number of nitriles is 1. The molecule has 1 atom stereocenters. The lowest BCUT2D eigenvalue weighted by atomic mass is 9.98. The molecule has 0 aromatic rings. The number of thioether (sulfide) groups is 1. The molecule has 62 valence electrons. The van der Waals surface area contributed by atoms with Crippen molar-refractivity contribution in [3.8, 4) is 6.07 Å². The van der Waals surface area contributed by atoms with Crippen LogP contribution >= 0.6 is 11.8 Å². The minimum absolute atomic E-state index is 0.237. The third kappa shape index (κ3) is 1.69. The molecular weight excluding hydrogens is 156 g/mol. The average molecular weight is 170 g/mol. The summed E-state index contributed by atoms with van der Waals surface area (Å²) in [6.45, 7) is 0. The predicted molar refractivity (Wildman–Crippen MR) is 48.5 cm³/mol. The van der Waals surface area contributed by atoms with Gasteiger partial charge in [-0.3, -0.25) is 0 Å². The predicted octanol–water partition coefficient (Wildman–Crippen LogP) is 1.24. The van der Waals surface area contributed by atoms with Crippen molar-refractivity contribution in [3.63, 3.8) is 0 Å². The maximum Gasteiger partial charge on any atom is 0.118 e. The van der Waals surface area contributed by atoms with Crippen molar-refractivity contribution in [1.29, 1.82) is 5.26 Å². The lowest BCUT2D eigenvalue weighted by Gasteiger charge is -2.24. The van der Waals surface area contributed by atoms with Crippen LogP contribution in [0.2, 0.25) is 0 Å². The SMILES string of the molecule is CNC(C#N)(CSC)C1CC1. The molecule has 1 N–H and O–H groups in total.